The first-order valence-electron chi connectivity index (χ1n) is 6.67. The molecule has 0 heterocycles. The fourth-order valence-electron chi connectivity index (χ4n) is 1.89. The summed E-state index contributed by atoms with van der Waals surface area (Å²) >= 11 is 5.84. The van der Waals surface area contributed by atoms with E-state index in [1.54, 1.807) is 24.3 Å². The number of sulfonamides is 1. The van der Waals surface area contributed by atoms with Crippen molar-refractivity contribution in [2.45, 2.75) is 32.7 Å². The molecule has 1 aromatic rings. The Morgan fingerprint density at radius 3 is 2.57 bits per heavy atom. The summed E-state index contributed by atoms with van der Waals surface area (Å²) in [5, 5.41) is 9.61. The Morgan fingerprint density at radius 2 is 2.05 bits per heavy atom. The van der Waals surface area contributed by atoms with E-state index in [1.165, 1.54) is 0 Å². The largest absolute Gasteiger partial charge is 0.480 e. The van der Waals surface area contributed by atoms with E-state index in [0.29, 0.717) is 5.02 Å². The summed E-state index contributed by atoms with van der Waals surface area (Å²) in [5.41, 5.74) is 0.795. The van der Waals surface area contributed by atoms with E-state index in [2.05, 4.69) is 4.72 Å². The highest BCUT2D eigenvalue weighted by molar-refractivity contribution is 7.89. The molecular weight excluding hydrogens is 314 g/mol. The van der Waals surface area contributed by atoms with Crippen LogP contribution in [0, 0.1) is 5.92 Å². The van der Waals surface area contributed by atoms with Gasteiger partial charge in [-0.2, -0.15) is 0 Å². The second-order valence-corrected chi connectivity index (χ2v) is 7.65. The summed E-state index contributed by atoms with van der Waals surface area (Å²) in [7, 11) is -3.66. The highest BCUT2D eigenvalue weighted by atomic mass is 35.5. The summed E-state index contributed by atoms with van der Waals surface area (Å²) in [6.07, 6.45) is 0.537. The Labute approximate surface area is 130 Å². The molecule has 0 amide bonds. The summed E-state index contributed by atoms with van der Waals surface area (Å²) in [4.78, 5) is 11.1. The van der Waals surface area contributed by atoms with Crippen molar-refractivity contribution >= 4 is 27.6 Å². The van der Waals surface area contributed by atoms with E-state index in [-0.39, 0.29) is 24.5 Å². The number of rotatable bonds is 8. The molecule has 0 saturated carbocycles. The normalized spacial score (nSPS) is 13.3. The van der Waals surface area contributed by atoms with Crippen molar-refractivity contribution in [3.05, 3.63) is 34.9 Å². The maximum absolute atomic E-state index is 12.0. The van der Waals surface area contributed by atoms with Crippen molar-refractivity contribution in [2.24, 2.45) is 5.92 Å². The van der Waals surface area contributed by atoms with Gasteiger partial charge in [0, 0.05) is 5.02 Å². The number of carbonyl (C=O) groups is 1. The molecule has 0 saturated heterocycles. The molecule has 0 aliphatic heterocycles. The Kier molecular flexibility index (Phi) is 6.64. The van der Waals surface area contributed by atoms with Gasteiger partial charge in [-0.3, -0.25) is 4.79 Å². The van der Waals surface area contributed by atoms with Gasteiger partial charge in [0.05, 0.1) is 5.75 Å². The molecule has 0 aliphatic rings. The number of carboxylic acids is 1. The number of benzene rings is 1. The van der Waals surface area contributed by atoms with Crippen LogP contribution in [0.4, 0.5) is 0 Å². The molecule has 118 valence electrons. The van der Waals surface area contributed by atoms with Crippen LogP contribution in [-0.4, -0.2) is 31.3 Å². The van der Waals surface area contributed by atoms with Gasteiger partial charge in [-0.25, -0.2) is 13.1 Å². The quantitative estimate of drug-likeness (QED) is 0.764. The zero-order chi connectivity index (χ0) is 16.0. The first kappa shape index (κ1) is 17.9. The van der Waals surface area contributed by atoms with E-state index in [1.807, 2.05) is 13.8 Å². The highest BCUT2D eigenvalue weighted by Crippen LogP contribution is 2.12. The lowest BCUT2D eigenvalue weighted by atomic mass is 10.1. The lowest BCUT2D eigenvalue weighted by molar-refractivity contribution is -0.139. The van der Waals surface area contributed by atoms with Crippen LogP contribution >= 0.6 is 11.6 Å². The topological polar surface area (TPSA) is 83.5 Å². The van der Waals surface area contributed by atoms with Crippen LogP contribution in [0.3, 0.4) is 0 Å². The van der Waals surface area contributed by atoms with Gasteiger partial charge >= 0.3 is 5.97 Å². The summed E-state index contributed by atoms with van der Waals surface area (Å²) in [6.45, 7) is 3.69. The van der Waals surface area contributed by atoms with E-state index >= 15 is 0 Å². The lowest BCUT2D eigenvalue weighted by Crippen LogP contribution is -2.42. The Bertz CT molecular complexity index is 586. The van der Waals surface area contributed by atoms with Gasteiger partial charge in [0.25, 0.3) is 0 Å². The first-order valence-corrected chi connectivity index (χ1v) is 8.70. The van der Waals surface area contributed by atoms with Crippen molar-refractivity contribution in [3.63, 3.8) is 0 Å². The molecule has 1 rings (SSSR count). The van der Waals surface area contributed by atoms with Crippen LogP contribution in [0.5, 0.6) is 0 Å². The number of carboxylic acid groups (broad SMARTS) is 1. The van der Waals surface area contributed by atoms with Crippen molar-refractivity contribution in [3.8, 4) is 0 Å². The Morgan fingerprint density at radius 1 is 1.38 bits per heavy atom. The molecular formula is C14H20ClNO4S. The smallest absolute Gasteiger partial charge is 0.321 e. The third-order valence-electron chi connectivity index (χ3n) is 2.88. The van der Waals surface area contributed by atoms with Crippen LogP contribution in [0.2, 0.25) is 5.02 Å². The molecule has 7 heteroatoms. The molecule has 5 nitrogen and oxygen atoms in total. The molecule has 2 N–H and O–H groups in total. The van der Waals surface area contributed by atoms with Gasteiger partial charge in [0.15, 0.2) is 0 Å². The predicted molar refractivity (Wildman–Crippen MR) is 83.0 cm³/mol. The Hall–Kier alpha value is -1.11. The summed E-state index contributed by atoms with van der Waals surface area (Å²) in [6, 6.07) is 5.84. The summed E-state index contributed by atoms with van der Waals surface area (Å²) < 4.78 is 26.2. The van der Waals surface area contributed by atoms with Gasteiger partial charge < -0.3 is 5.11 Å². The zero-order valence-electron chi connectivity index (χ0n) is 12.0. The molecule has 0 fully saturated rings. The van der Waals surface area contributed by atoms with E-state index < -0.39 is 22.0 Å². The van der Waals surface area contributed by atoms with Gasteiger partial charge in [0.1, 0.15) is 6.04 Å². The number of aliphatic carboxylic acids is 1. The van der Waals surface area contributed by atoms with Crippen LogP contribution in [-0.2, 0) is 21.2 Å². The molecule has 0 spiro atoms. The number of hydrogen-bond donors (Lipinski definition) is 2. The minimum Gasteiger partial charge on any atom is -0.480 e. The maximum Gasteiger partial charge on any atom is 0.321 e. The van der Waals surface area contributed by atoms with Gasteiger partial charge in [0.2, 0.25) is 10.0 Å². The van der Waals surface area contributed by atoms with Gasteiger partial charge in [-0.15, -0.1) is 0 Å². The average molecular weight is 334 g/mol. The van der Waals surface area contributed by atoms with Crippen molar-refractivity contribution in [1.82, 2.24) is 4.72 Å². The fourth-order valence-corrected chi connectivity index (χ4v) is 3.36. The second-order valence-electron chi connectivity index (χ2n) is 5.34. The van der Waals surface area contributed by atoms with Gasteiger partial charge in [-0.1, -0.05) is 37.6 Å². The van der Waals surface area contributed by atoms with Crippen LogP contribution in [0.15, 0.2) is 24.3 Å². The fraction of sp³-hybridized carbons (Fsp3) is 0.500. The molecule has 1 atom stereocenters. The molecule has 0 radical (unpaired) electrons. The molecule has 0 aromatic heterocycles. The first-order chi connectivity index (χ1) is 9.69. The van der Waals surface area contributed by atoms with Gasteiger partial charge in [-0.05, 0) is 36.5 Å². The number of nitrogens with one attached hydrogen (secondary N) is 1. The lowest BCUT2D eigenvalue weighted by Gasteiger charge is -2.16. The van der Waals surface area contributed by atoms with Crippen LogP contribution in [0.25, 0.3) is 0 Å². The molecule has 1 aromatic carbocycles. The van der Waals surface area contributed by atoms with Crippen LogP contribution < -0.4 is 4.72 Å². The number of hydrogen-bond acceptors (Lipinski definition) is 3. The average Bonchev–Trinajstić information content (AvgIpc) is 2.35. The Balaban J connectivity index is 2.66. The number of halogens is 1. The zero-order valence-corrected chi connectivity index (χ0v) is 13.6. The van der Waals surface area contributed by atoms with Crippen molar-refractivity contribution < 1.29 is 18.3 Å². The molecule has 0 bridgehead atoms. The SMILES string of the molecule is CC(C)C[C@@H](NS(=O)(=O)CCc1cccc(Cl)c1)C(=O)O. The molecule has 21 heavy (non-hydrogen) atoms. The standard InChI is InChI=1S/C14H20ClNO4S/c1-10(2)8-13(14(17)18)16-21(19,20)7-6-11-4-3-5-12(15)9-11/h3-5,9-10,13,16H,6-8H2,1-2H3,(H,17,18)/t13-/m1/s1. The van der Waals surface area contributed by atoms with E-state index in [9.17, 15) is 13.2 Å². The molecule has 0 unspecified atom stereocenters. The molecule has 0 aliphatic carbocycles. The monoisotopic (exact) mass is 333 g/mol. The minimum atomic E-state index is -3.66. The highest BCUT2D eigenvalue weighted by Gasteiger charge is 2.24. The maximum atomic E-state index is 12.0. The van der Waals surface area contributed by atoms with Crippen LogP contribution in [0.1, 0.15) is 25.8 Å². The third-order valence-corrected chi connectivity index (χ3v) is 4.50. The van der Waals surface area contributed by atoms with Crippen molar-refractivity contribution in [1.29, 1.82) is 0 Å². The third kappa shape index (κ3) is 6.93. The minimum absolute atomic E-state index is 0.0849. The van der Waals surface area contributed by atoms with Crippen molar-refractivity contribution in [2.75, 3.05) is 5.75 Å². The predicted octanol–water partition coefficient (Wildman–Crippen LogP) is 2.30. The van der Waals surface area contributed by atoms with E-state index in [4.69, 9.17) is 16.7 Å². The second kappa shape index (κ2) is 7.77. The van der Waals surface area contributed by atoms with E-state index in [0.717, 1.165) is 5.56 Å². The number of aryl methyl sites for hydroxylation is 1. The summed E-state index contributed by atoms with van der Waals surface area (Å²) in [5.74, 6) is -1.24.